The predicted molar refractivity (Wildman–Crippen MR) is 74.2 cm³/mol. The lowest BCUT2D eigenvalue weighted by molar-refractivity contribution is -0.120. The molecule has 1 heterocycles. The van der Waals surface area contributed by atoms with E-state index in [1.165, 1.54) is 19.2 Å². The summed E-state index contributed by atoms with van der Waals surface area (Å²) in [6.45, 7) is 1.63. The van der Waals surface area contributed by atoms with Crippen LogP contribution in [0.4, 0.5) is 5.69 Å². The lowest BCUT2D eigenvalue weighted by Gasteiger charge is -2.22. The van der Waals surface area contributed by atoms with E-state index in [4.69, 9.17) is 9.84 Å². The van der Waals surface area contributed by atoms with Crippen LogP contribution in [0.5, 0.6) is 5.75 Å². The molecule has 1 saturated heterocycles. The molecule has 108 valence electrons. The van der Waals surface area contributed by atoms with E-state index >= 15 is 0 Å². The van der Waals surface area contributed by atoms with E-state index in [2.05, 4.69) is 10.6 Å². The summed E-state index contributed by atoms with van der Waals surface area (Å²) in [5, 5.41) is 15.0. The maximum Gasteiger partial charge on any atom is 0.339 e. The summed E-state index contributed by atoms with van der Waals surface area (Å²) in [7, 11) is 1.40. The largest absolute Gasteiger partial charge is 0.496 e. The molecule has 0 bridgehead atoms. The Morgan fingerprint density at radius 1 is 1.45 bits per heavy atom. The van der Waals surface area contributed by atoms with Gasteiger partial charge in [-0.05, 0) is 31.5 Å². The zero-order valence-electron chi connectivity index (χ0n) is 11.3. The molecule has 0 aromatic heterocycles. The Hall–Kier alpha value is -2.08. The number of carboxylic acid groups (broad SMARTS) is 1. The molecule has 3 N–H and O–H groups in total. The molecular weight excluding hydrogens is 260 g/mol. The van der Waals surface area contributed by atoms with Crippen molar-refractivity contribution in [3.05, 3.63) is 23.8 Å². The van der Waals surface area contributed by atoms with Gasteiger partial charge in [0, 0.05) is 18.3 Å². The monoisotopic (exact) mass is 278 g/mol. The minimum Gasteiger partial charge on any atom is -0.496 e. The SMILES string of the molecule is COc1cc(NC(=O)[C@@H]2CCCNC2)ccc1C(=O)O. The van der Waals surface area contributed by atoms with E-state index in [0.29, 0.717) is 12.2 Å². The van der Waals surface area contributed by atoms with Crippen molar-refractivity contribution in [3.8, 4) is 5.75 Å². The summed E-state index contributed by atoms with van der Waals surface area (Å²) in [6, 6.07) is 4.52. The molecule has 0 radical (unpaired) electrons. The predicted octanol–water partition coefficient (Wildman–Crippen LogP) is 1.33. The number of rotatable bonds is 4. The van der Waals surface area contributed by atoms with Crippen molar-refractivity contribution in [2.45, 2.75) is 12.8 Å². The third-order valence-corrected chi connectivity index (χ3v) is 3.37. The van der Waals surface area contributed by atoms with Crippen LogP contribution < -0.4 is 15.4 Å². The topological polar surface area (TPSA) is 87.7 Å². The molecule has 1 aliphatic rings. The fourth-order valence-corrected chi connectivity index (χ4v) is 2.27. The number of amides is 1. The van der Waals surface area contributed by atoms with E-state index in [1.54, 1.807) is 6.07 Å². The van der Waals surface area contributed by atoms with Gasteiger partial charge >= 0.3 is 5.97 Å². The smallest absolute Gasteiger partial charge is 0.339 e. The minimum absolute atomic E-state index is 0.0473. The molecule has 1 fully saturated rings. The second kappa shape index (κ2) is 6.38. The molecule has 1 atom stereocenters. The number of ether oxygens (including phenoxy) is 1. The first-order valence-electron chi connectivity index (χ1n) is 6.54. The molecule has 1 amide bonds. The summed E-state index contributed by atoms with van der Waals surface area (Å²) < 4.78 is 5.03. The van der Waals surface area contributed by atoms with Crippen molar-refractivity contribution in [1.29, 1.82) is 0 Å². The van der Waals surface area contributed by atoms with Crippen molar-refractivity contribution in [2.24, 2.45) is 5.92 Å². The average Bonchev–Trinajstić information content (AvgIpc) is 2.47. The highest BCUT2D eigenvalue weighted by atomic mass is 16.5. The molecular formula is C14H18N2O4. The summed E-state index contributed by atoms with van der Waals surface area (Å²) >= 11 is 0. The zero-order chi connectivity index (χ0) is 14.5. The van der Waals surface area contributed by atoms with Crippen molar-refractivity contribution in [2.75, 3.05) is 25.5 Å². The molecule has 2 rings (SSSR count). The Morgan fingerprint density at radius 2 is 2.25 bits per heavy atom. The van der Waals surface area contributed by atoms with Crippen LogP contribution in [0.15, 0.2) is 18.2 Å². The second-order valence-electron chi connectivity index (χ2n) is 4.75. The Morgan fingerprint density at radius 3 is 2.85 bits per heavy atom. The van der Waals surface area contributed by atoms with E-state index in [0.717, 1.165) is 19.4 Å². The molecule has 20 heavy (non-hydrogen) atoms. The van der Waals surface area contributed by atoms with Gasteiger partial charge in [-0.25, -0.2) is 4.79 Å². The number of hydrogen-bond acceptors (Lipinski definition) is 4. The quantitative estimate of drug-likeness (QED) is 0.773. The highest BCUT2D eigenvalue weighted by Crippen LogP contribution is 2.24. The molecule has 0 unspecified atom stereocenters. The van der Waals surface area contributed by atoms with Crippen molar-refractivity contribution in [1.82, 2.24) is 5.32 Å². The Balaban J connectivity index is 2.09. The first-order valence-corrected chi connectivity index (χ1v) is 6.54. The van der Waals surface area contributed by atoms with Crippen molar-refractivity contribution >= 4 is 17.6 Å². The fraction of sp³-hybridized carbons (Fsp3) is 0.429. The number of carboxylic acids is 1. The van der Waals surface area contributed by atoms with Gasteiger partial charge in [0.1, 0.15) is 11.3 Å². The van der Waals surface area contributed by atoms with Gasteiger partial charge in [0.25, 0.3) is 0 Å². The van der Waals surface area contributed by atoms with Gasteiger partial charge < -0.3 is 20.5 Å². The fourth-order valence-electron chi connectivity index (χ4n) is 2.27. The average molecular weight is 278 g/mol. The molecule has 6 heteroatoms. The highest BCUT2D eigenvalue weighted by Gasteiger charge is 2.21. The standard InChI is InChI=1S/C14H18N2O4/c1-20-12-7-10(4-5-11(12)14(18)19)16-13(17)9-3-2-6-15-8-9/h4-5,7,9,15H,2-3,6,8H2,1H3,(H,16,17)(H,18,19)/t9-/m1/s1. The normalized spacial score (nSPS) is 18.4. The number of aromatic carboxylic acids is 1. The van der Waals surface area contributed by atoms with Gasteiger partial charge in [0.15, 0.2) is 0 Å². The molecule has 0 spiro atoms. The van der Waals surface area contributed by atoms with Crippen molar-refractivity contribution in [3.63, 3.8) is 0 Å². The van der Waals surface area contributed by atoms with E-state index < -0.39 is 5.97 Å². The van der Waals surface area contributed by atoms with Crippen LogP contribution in [0.2, 0.25) is 0 Å². The third-order valence-electron chi connectivity index (χ3n) is 3.37. The number of carbonyl (C=O) groups excluding carboxylic acids is 1. The Labute approximate surface area is 117 Å². The first-order chi connectivity index (χ1) is 9.61. The minimum atomic E-state index is -1.06. The number of methoxy groups -OCH3 is 1. The van der Waals surface area contributed by atoms with Gasteiger partial charge in [-0.2, -0.15) is 0 Å². The number of piperidine rings is 1. The number of nitrogens with one attached hydrogen (secondary N) is 2. The van der Waals surface area contributed by atoms with Crippen LogP contribution in [0.25, 0.3) is 0 Å². The van der Waals surface area contributed by atoms with E-state index in [-0.39, 0.29) is 23.1 Å². The zero-order valence-corrected chi connectivity index (χ0v) is 11.3. The first kappa shape index (κ1) is 14.3. The second-order valence-corrected chi connectivity index (χ2v) is 4.75. The lowest BCUT2D eigenvalue weighted by Crippen LogP contribution is -2.37. The Bertz CT molecular complexity index is 510. The van der Waals surface area contributed by atoms with Crippen LogP contribution >= 0.6 is 0 Å². The van der Waals surface area contributed by atoms with Crippen LogP contribution in [-0.2, 0) is 4.79 Å². The number of benzene rings is 1. The van der Waals surface area contributed by atoms with Crippen molar-refractivity contribution < 1.29 is 19.4 Å². The number of anilines is 1. The molecule has 0 saturated carbocycles. The van der Waals surface area contributed by atoms with E-state index in [1.807, 2.05) is 0 Å². The maximum absolute atomic E-state index is 12.1. The van der Waals surface area contributed by atoms with Crippen LogP contribution in [0.1, 0.15) is 23.2 Å². The summed E-state index contributed by atoms with van der Waals surface area (Å²) in [5.74, 6) is -0.926. The highest BCUT2D eigenvalue weighted by molar-refractivity contribution is 5.95. The Kier molecular flexibility index (Phi) is 4.57. The van der Waals surface area contributed by atoms with Crippen LogP contribution in [0.3, 0.4) is 0 Å². The molecule has 0 aliphatic carbocycles. The maximum atomic E-state index is 12.1. The molecule has 1 aromatic rings. The summed E-state index contributed by atoms with van der Waals surface area (Å²) in [6.07, 6.45) is 1.85. The van der Waals surface area contributed by atoms with Gasteiger partial charge in [-0.15, -0.1) is 0 Å². The van der Waals surface area contributed by atoms with Crippen LogP contribution in [-0.4, -0.2) is 37.2 Å². The van der Waals surface area contributed by atoms with Gasteiger partial charge in [-0.1, -0.05) is 0 Å². The van der Waals surface area contributed by atoms with Gasteiger partial charge in [-0.3, -0.25) is 4.79 Å². The molecule has 6 nitrogen and oxygen atoms in total. The lowest BCUT2D eigenvalue weighted by atomic mass is 9.99. The van der Waals surface area contributed by atoms with Gasteiger partial charge in [0.05, 0.1) is 13.0 Å². The molecule has 1 aliphatic heterocycles. The number of hydrogen-bond donors (Lipinski definition) is 3. The molecule has 1 aromatic carbocycles. The number of carbonyl (C=O) groups is 2. The third kappa shape index (κ3) is 3.27. The summed E-state index contributed by atoms with van der Waals surface area (Å²) in [5.41, 5.74) is 0.618. The van der Waals surface area contributed by atoms with E-state index in [9.17, 15) is 9.59 Å². The van der Waals surface area contributed by atoms with Crippen LogP contribution in [0, 0.1) is 5.92 Å². The van der Waals surface area contributed by atoms with Gasteiger partial charge in [0.2, 0.25) is 5.91 Å². The summed E-state index contributed by atoms with van der Waals surface area (Å²) in [4.78, 5) is 23.1.